The van der Waals surface area contributed by atoms with Crippen molar-refractivity contribution in [2.24, 2.45) is 22.2 Å². The smallest absolute Gasteiger partial charge is 0.184 e. The van der Waals surface area contributed by atoms with E-state index in [1.807, 2.05) is 74.5 Å². The molecule has 238 valence electrons. The summed E-state index contributed by atoms with van der Waals surface area (Å²) in [5.74, 6) is -3.32. The van der Waals surface area contributed by atoms with Crippen LogP contribution in [-0.4, -0.2) is 32.7 Å². The molecule has 1 aromatic rings. The molecule has 1 aromatic carbocycles. The number of allylic oxidation sites excluding steroid dienone is 9. The maximum Gasteiger partial charge on any atom is 0.184 e. The number of hydrogen-bond acceptors (Lipinski definition) is 6. The van der Waals surface area contributed by atoms with Crippen LogP contribution in [0.4, 0.5) is 0 Å². The monoisotopic (exact) mass is 602 g/mol. The highest BCUT2D eigenvalue weighted by atomic mass is 16.3. The molecule has 0 unspecified atom stereocenters. The second-order valence-electron chi connectivity index (χ2n) is 14.0. The lowest BCUT2D eigenvalue weighted by Gasteiger charge is -2.61. The molecule has 4 atom stereocenters. The molecule has 0 saturated heterocycles. The van der Waals surface area contributed by atoms with Gasteiger partial charge in [0.1, 0.15) is 16.7 Å². The molecule has 6 heteroatoms. The van der Waals surface area contributed by atoms with Gasteiger partial charge in [-0.05, 0) is 123 Å². The minimum absolute atomic E-state index is 0.0199. The van der Waals surface area contributed by atoms with Gasteiger partial charge in [-0.3, -0.25) is 14.4 Å². The highest BCUT2D eigenvalue weighted by Crippen LogP contribution is 2.67. The number of hydrogen-bond donors (Lipinski definition) is 3. The van der Waals surface area contributed by atoms with Gasteiger partial charge in [0.15, 0.2) is 28.8 Å². The summed E-state index contributed by atoms with van der Waals surface area (Å²) < 4.78 is 0. The van der Waals surface area contributed by atoms with Crippen molar-refractivity contribution in [3.05, 3.63) is 75.9 Å². The van der Waals surface area contributed by atoms with Gasteiger partial charge in [0, 0.05) is 5.56 Å². The van der Waals surface area contributed by atoms with Gasteiger partial charge in [0.05, 0.1) is 5.41 Å². The van der Waals surface area contributed by atoms with Crippen LogP contribution in [0.2, 0.25) is 0 Å². The molecular weight excluding hydrogens is 552 g/mol. The molecule has 44 heavy (non-hydrogen) atoms. The number of aromatic hydroxyl groups is 2. The van der Waals surface area contributed by atoms with Gasteiger partial charge in [0.2, 0.25) is 0 Å². The number of carbonyl (C=O) groups is 3. The fourth-order valence-electron chi connectivity index (χ4n) is 7.12. The molecule has 2 aliphatic rings. The Balaban J connectivity index is 2.51. The van der Waals surface area contributed by atoms with Gasteiger partial charge in [-0.15, -0.1) is 0 Å². The number of rotatable bonds is 10. The fraction of sp³-hybridized carbons (Fsp3) is 0.500. The van der Waals surface area contributed by atoms with E-state index >= 15 is 9.59 Å². The van der Waals surface area contributed by atoms with Crippen LogP contribution >= 0.6 is 0 Å². The lowest BCUT2D eigenvalue weighted by atomic mass is 9.37. The molecule has 2 saturated carbocycles. The van der Waals surface area contributed by atoms with E-state index in [1.165, 1.54) is 12.1 Å². The van der Waals surface area contributed by atoms with Crippen LogP contribution < -0.4 is 0 Å². The number of fused-ring (bicyclic) bond motifs is 2. The van der Waals surface area contributed by atoms with Crippen molar-refractivity contribution in [3.63, 3.8) is 0 Å². The predicted octanol–water partition coefficient (Wildman–Crippen LogP) is 8.90. The van der Waals surface area contributed by atoms with E-state index in [0.29, 0.717) is 19.3 Å². The Morgan fingerprint density at radius 3 is 1.91 bits per heavy atom. The first-order chi connectivity index (χ1) is 20.4. The van der Waals surface area contributed by atoms with Crippen LogP contribution in [0.25, 0.3) is 5.76 Å². The number of Topliss-reactive ketones (excluding diaryl/α,β-unsaturated/α-hetero) is 3. The maximum absolute atomic E-state index is 15.2. The van der Waals surface area contributed by atoms with Crippen LogP contribution in [0.3, 0.4) is 0 Å². The number of benzene rings is 1. The second kappa shape index (κ2) is 13.1. The third-order valence-electron chi connectivity index (χ3n) is 9.76. The number of phenolic OH excluding ortho intramolecular Hbond substituents is 2. The minimum Gasteiger partial charge on any atom is -0.506 e. The molecule has 0 aromatic heterocycles. The Morgan fingerprint density at radius 1 is 0.795 bits per heavy atom. The van der Waals surface area contributed by atoms with Crippen LogP contribution in [0, 0.1) is 22.2 Å². The molecule has 0 aliphatic heterocycles. The summed E-state index contributed by atoms with van der Waals surface area (Å²) in [4.78, 5) is 45.0. The number of phenols is 2. The summed E-state index contributed by atoms with van der Waals surface area (Å²) in [5, 5.41) is 31.8. The van der Waals surface area contributed by atoms with E-state index in [1.54, 1.807) is 0 Å². The van der Waals surface area contributed by atoms with Gasteiger partial charge >= 0.3 is 0 Å². The maximum atomic E-state index is 15.2. The molecule has 3 rings (SSSR count). The summed E-state index contributed by atoms with van der Waals surface area (Å²) >= 11 is 0. The van der Waals surface area contributed by atoms with Gasteiger partial charge in [-0.25, -0.2) is 0 Å². The molecule has 6 nitrogen and oxygen atoms in total. The molecule has 2 bridgehead atoms. The SMILES string of the molecule is CC(C)=CCC[C@]1(C)[C@@H](CC=C(C)C)C[C@@]2(CC=C(C)C)C(=O)C(=C(O)c3ccc(O)c(O)c3)C(=O)[C@]1(CC=C(C)C)C2=O. The Morgan fingerprint density at radius 2 is 1.36 bits per heavy atom. The topological polar surface area (TPSA) is 112 Å². The number of aliphatic hydroxyl groups excluding tert-OH is 1. The van der Waals surface area contributed by atoms with E-state index in [2.05, 4.69) is 12.2 Å². The molecule has 0 amide bonds. The molecular formula is C38H50O6. The Hall–Kier alpha value is -3.67. The number of aliphatic hydroxyl groups is 1. The van der Waals surface area contributed by atoms with Gasteiger partial charge in [-0.1, -0.05) is 53.5 Å². The highest BCUT2D eigenvalue weighted by Gasteiger charge is 2.74. The lowest BCUT2D eigenvalue weighted by Crippen LogP contribution is -2.70. The first-order valence-electron chi connectivity index (χ1n) is 15.6. The first-order valence-corrected chi connectivity index (χ1v) is 15.6. The van der Waals surface area contributed by atoms with E-state index in [-0.39, 0.29) is 36.5 Å². The zero-order chi connectivity index (χ0) is 33.2. The summed E-state index contributed by atoms with van der Waals surface area (Å²) in [7, 11) is 0. The van der Waals surface area contributed by atoms with E-state index < -0.39 is 50.6 Å². The van der Waals surface area contributed by atoms with Crippen molar-refractivity contribution in [2.75, 3.05) is 0 Å². The van der Waals surface area contributed by atoms with Gasteiger partial charge in [0.25, 0.3) is 0 Å². The standard InChI is InChI=1S/C38H50O6/c1-23(2)11-10-18-36(9)28(14-12-24(3)4)22-37(19-16-25(5)6)33(42)31(32(41)27-13-15-29(39)30(40)21-27)34(43)38(36,35(37)44)20-17-26(7)8/h11-13,15-17,21,28,39-41H,10,14,18-20,22H2,1-9H3/t28-,36+,37-,38+/m0/s1. The summed E-state index contributed by atoms with van der Waals surface area (Å²) in [5.41, 5.74) is -0.210. The van der Waals surface area contributed by atoms with Crippen molar-refractivity contribution in [1.82, 2.24) is 0 Å². The third kappa shape index (κ3) is 6.13. The molecule has 0 radical (unpaired) electrons. The zero-order valence-electron chi connectivity index (χ0n) is 27.9. The van der Waals surface area contributed by atoms with E-state index in [4.69, 9.17) is 0 Å². The van der Waals surface area contributed by atoms with E-state index in [9.17, 15) is 20.1 Å². The fourth-order valence-corrected chi connectivity index (χ4v) is 7.12. The average Bonchev–Trinajstić information content (AvgIpc) is 2.92. The summed E-state index contributed by atoms with van der Waals surface area (Å²) in [6.07, 6.45) is 10.4. The van der Waals surface area contributed by atoms with E-state index in [0.717, 1.165) is 28.4 Å². The van der Waals surface area contributed by atoms with Crippen molar-refractivity contribution in [1.29, 1.82) is 0 Å². The average molecular weight is 603 g/mol. The molecule has 2 aliphatic carbocycles. The van der Waals surface area contributed by atoms with Crippen LogP contribution in [0.15, 0.2) is 70.4 Å². The van der Waals surface area contributed by atoms with Crippen molar-refractivity contribution in [2.45, 2.75) is 101 Å². The number of ketones is 3. The van der Waals surface area contributed by atoms with Crippen molar-refractivity contribution in [3.8, 4) is 11.5 Å². The second-order valence-corrected chi connectivity index (χ2v) is 14.0. The molecule has 3 N–H and O–H groups in total. The predicted molar refractivity (Wildman–Crippen MR) is 176 cm³/mol. The Labute approximate surface area is 263 Å². The third-order valence-corrected chi connectivity index (χ3v) is 9.76. The Bertz CT molecular complexity index is 1480. The van der Waals surface area contributed by atoms with Gasteiger partial charge in [-0.2, -0.15) is 0 Å². The minimum atomic E-state index is -1.61. The Kier molecular flexibility index (Phi) is 10.4. The molecule has 0 spiro atoms. The number of carbonyl (C=O) groups excluding carboxylic acids is 3. The first kappa shape index (κ1) is 34.8. The van der Waals surface area contributed by atoms with Gasteiger partial charge < -0.3 is 15.3 Å². The highest BCUT2D eigenvalue weighted by molar-refractivity contribution is 6.41. The van der Waals surface area contributed by atoms with Crippen LogP contribution in [0.5, 0.6) is 11.5 Å². The molecule has 2 fully saturated rings. The lowest BCUT2D eigenvalue weighted by molar-refractivity contribution is -0.178. The summed E-state index contributed by atoms with van der Waals surface area (Å²) in [6.45, 7) is 17.8. The normalized spacial score (nSPS) is 27.4. The van der Waals surface area contributed by atoms with Crippen molar-refractivity contribution >= 4 is 23.1 Å². The quantitative estimate of drug-likeness (QED) is 0.0616. The zero-order valence-corrected chi connectivity index (χ0v) is 27.9. The van der Waals surface area contributed by atoms with Crippen LogP contribution in [0.1, 0.15) is 106 Å². The van der Waals surface area contributed by atoms with Crippen LogP contribution in [-0.2, 0) is 14.4 Å². The summed E-state index contributed by atoms with van der Waals surface area (Å²) in [6, 6.07) is 3.67. The largest absolute Gasteiger partial charge is 0.506 e. The van der Waals surface area contributed by atoms with Crippen molar-refractivity contribution < 1.29 is 29.7 Å². The molecule has 0 heterocycles.